The molecule has 3 atom stereocenters. The summed E-state index contributed by atoms with van der Waals surface area (Å²) in [6.45, 7) is 4.25. The van der Waals surface area contributed by atoms with Gasteiger partial charge < -0.3 is 4.42 Å². The molecule has 1 heterocycles. The Labute approximate surface area is 95.3 Å². The van der Waals surface area contributed by atoms with Crippen molar-refractivity contribution in [3.8, 4) is 0 Å². The number of fused-ring (bicyclic) bond motifs is 1. The lowest BCUT2D eigenvalue weighted by atomic mass is 9.49. The van der Waals surface area contributed by atoms with Crippen LogP contribution in [0, 0.1) is 11.3 Å². The van der Waals surface area contributed by atoms with Gasteiger partial charge in [-0.25, -0.2) is 0 Å². The first-order valence-corrected chi connectivity index (χ1v) is 5.88. The third kappa shape index (κ3) is 1.10. The summed E-state index contributed by atoms with van der Waals surface area (Å²) in [6, 6.07) is 3.78. The normalized spacial score (nSPS) is 37.6. The maximum atomic E-state index is 12.2. The zero-order chi connectivity index (χ0) is 11.3. The summed E-state index contributed by atoms with van der Waals surface area (Å²) in [7, 11) is 0. The summed E-state index contributed by atoms with van der Waals surface area (Å²) < 4.78 is 5.39. The van der Waals surface area contributed by atoms with Gasteiger partial charge in [-0.1, -0.05) is 18.6 Å². The van der Waals surface area contributed by atoms with Gasteiger partial charge in [-0.15, -0.1) is 0 Å². The molecule has 16 heavy (non-hydrogen) atoms. The highest BCUT2D eigenvalue weighted by Gasteiger charge is 2.59. The van der Waals surface area contributed by atoms with Crippen LogP contribution in [0.15, 0.2) is 34.5 Å². The molecular weight excluding hydrogens is 200 g/mol. The summed E-state index contributed by atoms with van der Waals surface area (Å²) in [5.41, 5.74) is 1.28. The standard InChI is InChI=1S/C14H16O2/c1-9-5-6-14(2)10(8-9)12(13(14)15)11-4-3-7-16-11/h3-4,7-8,10,12H,5-6H2,1-2H3/t10-,12?,14-/m0/s1. The maximum Gasteiger partial charge on any atom is 0.150 e. The Morgan fingerprint density at radius 2 is 2.31 bits per heavy atom. The van der Waals surface area contributed by atoms with E-state index in [1.165, 1.54) is 5.57 Å². The van der Waals surface area contributed by atoms with E-state index in [0.717, 1.165) is 18.6 Å². The fourth-order valence-electron chi connectivity index (χ4n) is 3.15. The molecule has 2 aliphatic rings. The quantitative estimate of drug-likeness (QED) is 0.674. The molecular formula is C14H16O2. The summed E-state index contributed by atoms with van der Waals surface area (Å²) in [4.78, 5) is 12.2. The maximum absolute atomic E-state index is 12.2. The van der Waals surface area contributed by atoms with Crippen LogP contribution in [-0.4, -0.2) is 5.78 Å². The summed E-state index contributed by atoms with van der Waals surface area (Å²) in [6.07, 6.45) is 5.98. The molecule has 1 aromatic rings. The van der Waals surface area contributed by atoms with Crippen LogP contribution in [-0.2, 0) is 4.79 Å². The highest BCUT2D eigenvalue weighted by molar-refractivity contribution is 5.98. The molecule has 2 heteroatoms. The predicted molar refractivity (Wildman–Crippen MR) is 61.0 cm³/mol. The number of carbonyl (C=O) groups excluding carboxylic acids is 1. The number of allylic oxidation sites excluding steroid dienone is 2. The average Bonchev–Trinajstić information content (AvgIpc) is 2.77. The van der Waals surface area contributed by atoms with Crippen LogP contribution in [0.4, 0.5) is 0 Å². The van der Waals surface area contributed by atoms with Crippen LogP contribution in [0.1, 0.15) is 38.4 Å². The van der Waals surface area contributed by atoms with E-state index in [9.17, 15) is 4.79 Å². The number of rotatable bonds is 1. The largest absolute Gasteiger partial charge is 0.469 e. The van der Waals surface area contributed by atoms with Crippen LogP contribution in [0.5, 0.6) is 0 Å². The Kier molecular flexibility index (Phi) is 1.91. The second-order valence-corrected chi connectivity index (χ2v) is 5.31. The number of Topliss-reactive ketones (excluding diaryl/α,β-unsaturated/α-hetero) is 1. The van der Waals surface area contributed by atoms with Crippen molar-refractivity contribution in [2.45, 2.75) is 32.6 Å². The Bertz CT molecular complexity index is 455. The van der Waals surface area contributed by atoms with Gasteiger partial charge in [-0.3, -0.25) is 4.79 Å². The van der Waals surface area contributed by atoms with Crippen molar-refractivity contribution >= 4 is 5.78 Å². The Hall–Kier alpha value is -1.31. The van der Waals surface area contributed by atoms with E-state index in [1.807, 2.05) is 12.1 Å². The van der Waals surface area contributed by atoms with Crippen LogP contribution in [0.25, 0.3) is 0 Å². The van der Waals surface area contributed by atoms with Crippen LogP contribution in [0.3, 0.4) is 0 Å². The van der Waals surface area contributed by atoms with E-state index in [0.29, 0.717) is 11.7 Å². The molecule has 0 N–H and O–H groups in total. The lowest BCUT2D eigenvalue weighted by Crippen LogP contribution is -2.54. The molecule has 1 saturated carbocycles. The van der Waals surface area contributed by atoms with Gasteiger partial charge in [-0.05, 0) is 31.9 Å². The summed E-state index contributed by atoms with van der Waals surface area (Å²) in [5, 5.41) is 0. The first kappa shape index (κ1) is 9.88. The molecule has 1 unspecified atom stereocenters. The molecule has 2 aliphatic carbocycles. The third-order valence-electron chi connectivity index (χ3n) is 4.29. The number of hydrogen-bond acceptors (Lipinski definition) is 2. The molecule has 0 aliphatic heterocycles. The van der Waals surface area contributed by atoms with Crippen molar-refractivity contribution in [1.29, 1.82) is 0 Å². The van der Waals surface area contributed by atoms with E-state index in [4.69, 9.17) is 4.42 Å². The topological polar surface area (TPSA) is 30.2 Å². The highest BCUT2D eigenvalue weighted by atomic mass is 16.3. The van der Waals surface area contributed by atoms with Crippen molar-refractivity contribution in [3.63, 3.8) is 0 Å². The second-order valence-electron chi connectivity index (χ2n) is 5.31. The number of carbonyl (C=O) groups is 1. The first-order valence-electron chi connectivity index (χ1n) is 5.88. The van der Waals surface area contributed by atoms with Gasteiger partial charge in [0, 0.05) is 11.3 Å². The smallest absolute Gasteiger partial charge is 0.150 e. The molecule has 0 amide bonds. The van der Waals surface area contributed by atoms with Crippen molar-refractivity contribution in [2.24, 2.45) is 11.3 Å². The summed E-state index contributed by atoms with van der Waals surface area (Å²) >= 11 is 0. The molecule has 3 rings (SSSR count). The van der Waals surface area contributed by atoms with Gasteiger partial charge in [0.05, 0.1) is 12.2 Å². The second kappa shape index (κ2) is 3.09. The Morgan fingerprint density at radius 3 is 3.00 bits per heavy atom. The highest BCUT2D eigenvalue weighted by Crippen LogP contribution is 2.58. The van der Waals surface area contributed by atoms with Gasteiger partial charge >= 0.3 is 0 Å². The molecule has 0 aromatic carbocycles. The zero-order valence-corrected chi connectivity index (χ0v) is 9.69. The van der Waals surface area contributed by atoms with E-state index in [-0.39, 0.29) is 11.3 Å². The average molecular weight is 216 g/mol. The number of hydrogen-bond donors (Lipinski definition) is 0. The predicted octanol–water partition coefficient (Wildman–Crippen LogP) is 3.31. The van der Waals surface area contributed by atoms with Crippen molar-refractivity contribution < 1.29 is 9.21 Å². The van der Waals surface area contributed by atoms with E-state index in [1.54, 1.807) is 6.26 Å². The lowest BCUT2D eigenvalue weighted by Gasteiger charge is -2.52. The van der Waals surface area contributed by atoms with Gasteiger partial charge in [0.15, 0.2) is 5.78 Å². The molecule has 84 valence electrons. The molecule has 2 nitrogen and oxygen atoms in total. The van der Waals surface area contributed by atoms with Gasteiger partial charge in [0.2, 0.25) is 0 Å². The van der Waals surface area contributed by atoms with Crippen LogP contribution >= 0.6 is 0 Å². The number of ketones is 1. The monoisotopic (exact) mass is 216 g/mol. The molecule has 0 bridgehead atoms. The SMILES string of the molecule is CC1=C[C@H]2C(c3ccco3)C(=O)[C@@]2(C)CC1. The minimum Gasteiger partial charge on any atom is -0.469 e. The van der Waals surface area contributed by atoms with Gasteiger partial charge in [0.25, 0.3) is 0 Å². The Morgan fingerprint density at radius 1 is 1.50 bits per heavy atom. The Balaban J connectivity index is 1.99. The van der Waals surface area contributed by atoms with Crippen molar-refractivity contribution in [3.05, 3.63) is 35.8 Å². The van der Waals surface area contributed by atoms with Crippen molar-refractivity contribution in [2.75, 3.05) is 0 Å². The third-order valence-corrected chi connectivity index (χ3v) is 4.29. The van der Waals surface area contributed by atoms with Gasteiger partial charge in [0.1, 0.15) is 5.76 Å². The van der Waals surface area contributed by atoms with E-state index in [2.05, 4.69) is 19.9 Å². The van der Waals surface area contributed by atoms with E-state index < -0.39 is 0 Å². The minimum absolute atomic E-state index is 0.0322. The van der Waals surface area contributed by atoms with Crippen LogP contribution in [0.2, 0.25) is 0 Å². The molecule has 0 radical (unpaired) electrons. The summed E-state index contributed by atoms with van der Waals surface area (Å²) in [5.74, 6) is 1.50. The fraction of sp³-hybridized carbons (Fsp3) is 0.500. The lowest BCUT2D eigenvalue weighted by molar-refractivity contribution is -0.147. The molecule has 0 saturated heterocycles. The molecule has 1 fully saturated rings. The van der Waals surface area contributed by atoms with E-state index >= 15 is 0 Å². The fourth-order valence-corrected chi connectivity index (χ4v) is 3.15. The zero-order valence-electron chi connectivity index (χ0n) is 9.69. The minimum atomic E-state index is -0.128. The molecule has 1 aromatic heterocycles. The number of furan rings is 1. The molecule has 0 spiro atoms. The van der Waals surface area contributed by atoms with Crippen LogP contribution < -0.4 is 0 Å². The van der Waals surface area contributed by atoms with Gasteiger partial charge in [-0.2, -0.15) is 0 Å². The van der Waals surface area contributed by atoms with Crippen molar-refractivity contribution in [1.82, 2.24) is 0 Å². The first-order chi connectivity index (χ1) is 7.63.